The Hall–Kier alpha value is -1.77. The van der Waals surface area contributed by atoms with Gasteiger partial charge in [0, 0.05) is 17.9 Å². The Bertz CT molecular complexity index is 424. The van der Waals surface area contributed by atoms with Crippen molar-refractivity contribution in [3.63, 3.8) is 0 Å². The number of allylic oxidation sites excluding steroid dienone is 1. The summed E-state index contributed by atoms with van der Waals surface area (Å²) < 4.78 is 0. The molecule has 0 unspecified atom stereocenters. The van der Waals surface area contributed by atoms with Gasteiger partial charge in [0.25, 0.3) is 0 Å². The fourth-order valence-electron chi connectivity index (χ4n) is 1.87. The molecule has 0 bridgehead atoms. The Morgan fingerprint density at radius 2 is 2.38 bits per heavy atom. The molecule has 0 spiro atoms. The van der Waals surface area contributed by atoms with Gasteiger partial charge in [0.05, 0.1) is 0 Å². The maximum Gasteiger partial charge on any atom is 0.248 e. The first-order chi connectivity index (χ1) is 7.79. The van der Waals surface area contributed by atoms with E-state index in [1.165, 1.54) is 18.1 Å². The largest absolute Gasteiger partial charge is 0.385 e. The zero-order chi connectivity index (χ0) is 11.4. The van der Waals surface area contributed by atoms with Gasteiger partial charge in [-0.25, -0.2) is 0 Å². The minimum Gasteiger partial charge on any atom is -0.385 e. The van der Waals surface area contributed by atoms with Crippen LogP contribution in [0.5, 0.6) is 0 Å². The van der Waals surface area contributed by atoms with Gasteiger partial charge in [0.2, 0.25) is 5.91 Å². The SMILES string of the molecule is CC=CC(=O)Nc1ccc2c(c1)NCCC2. The summed E-state index contributed by atoms with van der Waals surface area (Å²) >= 11 is 0. The third-order valence-electron chi connectivity index (χ3n) is 2.63. The van der Waals surface area contributed by atoms with Crippen molar-refractivity contribution in [3.05, 3.63) is 35.9 Å². The average molecular weight is 216 g/mol. The van der Waals surface area contributed by atoms with Gasteiger partial charge < -0.3 is 10.6 Å². The molecular weight excluding hydrogens is 200 g/mol. The minimum absolute atomic E-state index is 0.0849. The summed E-state index contributed by atoms with van der Waals surface area (Å²) in [6.45, 7) is 2.84. The van der Waals surface area contributed by atoms with E-state index in [4.69, 9.17) is 0 Å². The van der Waals surface area contributed by atoms with E-state index in [1.807, 2.05) is 19.1 Å². The summed E-state index contributed by atoms with van der Waals surface area (Å²) in [6, 6.07) is 6.02. The fourth-order valence-corrected chi connectivity index (χ4v) is 1.87. The highest BCUT2D eigenvalue weighted by Gasteiger charge is 2.08. The van der Waals surface area contributed by atoms with Crippen LogP contribution in [0.4, 0.5) is 11.4 Å². The number of anilines is 2. The number of carbonyl (C=O) groups is 1. The van der Waals surface area contributed by atoms with Crippen molar-refractivity contribution in [2.24, 2.45) is 0 Å². The second-order valence-corrected chi connectivity index (χ2v) is 3.89. The first-order valence-corrected chi connectivity index (χ1v) is 5.60. The van der Waals surface area contributed by atoms with Crippen molar-refractivity contribution in [2.45, 2.75) is 19.8 Å². The van der Waals surface area contributed by atoms with Gasteiger partial charge >= 0.3 is 0 Å². The topological polar surface area (TPSA) is 41.1 Å². The number of amides is 1. The monoisotopic (exact) mass is 216 g/mol. The molecule has 84 valence electrons. The van der Waals surface area contributed by atoms with Crippen molar-refractivity contribution in [3.8, 4) is 0 Å². The number of hydrogen-bond donors (Lipinski definition) is 2. The Balaban J connectivity index is 2.14. The number of benzene rings is 1. The first kappa shape index (κ1) is 10.7. The lowest BCUT2D eigenvalue weighted by atomic mass is 10.0. The maximum atomic E-state index is 11.4. The summed E-state index contributed by atoms with van der Waals surface area (Å²) in [4.78, 5) is 11.4. The number of hydrogen-bond acceptors (Lipinski definition) is 2. The summed E-state index contributed by atoms with van der Waals surface area (Å²) in [5.74, 6) is -0.0849. The molecule has 1 aliphatic rings. The van der Waals surface area contributed by atoms with Crippen molar-refractivity contribution >= 4 is 17.3 Å². The standard InChI is InChI=1S/C13H16N2O/c1-2-4-13(16)15-11-7-6-10-5-3-8-14-12(10)9-11/h2,4,6-7,9,14H,3,5,8H2,1H3,(H,15,16). The van der Waals surface area contributed by atoms with Crippen LogP contribution < -0.4 is 10.6 Å². The number of aryl methyl sites for hydroxylation is 1. The molecule has 1 aromatic rings. The lowest BCUT2D eigenvalue weighted by molar-refractivity contribution is -0.111. The van der Waals surface area contributed by atoms with E-state index in [2.05, 4.69) is 16.7 Å². The predicted molar refractivity (Wildman–Crippen MR) is 66.7 cm³/mol. The lowest BCUT2D eigenvalue weighted by Gasteiger charge is -2.18. The van der Waals surface area contributed by atoms with Gasteiger partial charge in [-0.05, 0) is 43.5 Å². The number of rotatable bonds is 2. The van der Waals surface area contributed by atoms with Gasteiger partial charge in [-0.3, -0.25) is 4.79 Å². The Morgan fingerprint density at radius 3 is 3.19 bits per heavy atom. The Labute approximate surface area is 95.6 Å². The molecule has 3 heteroatoms. The zero-order valence-electron chi connectivity index (χ0n) is 9.42. The summed E-state index contributed by atoms with van der Waals surface area (Å²) in [5, 5.41) is 6.17. The molecule has 0 saturated carbocycles. The second-order valence-electron chi connectivity index (χ2n) is 3.89. The Kier molecular flexibility index (Phi) is 3.25. The number of fused-ring (bicyclic) bond motifs is 1. The normalized spacial score (nSPS) is 14.3. The smallest absolute Gasteiger partial charge is 0.248 e. The average Bonchev–Trinajstić information content (AvgIpc) is 2.29. The van der Waals surface area contributed by atoms with Crippen LogP contribution in [0.15, 0.2) is 30.4 Å². The first-order valence-electron chi connectivity index (χ1n) is 5.60. The molecule has 1 heterocycles. The highest BCUT2D eigenvalue weighted by molar-refractivity contribution is 5.99. The van der Waals surface area contributed by atoms with Gasteiger partial charge in [-0.2, -0.15) is 0 Å². The van der Waals surface area contributed by atoms with Crippen LogP contribution in [0.25, 0.3) is 0 Å². The molecule has 0 aliphatic carbocycles. The van der Waals surface area contributed by atoms with Crippen LogP contribution >= 0.6 is 0 Å². The van der Waals surface area contributed by atoms with Gasteiger partial charge in [0.1, 0.15) is 0 Å². The molecule has 2 N–H and O–H groups in total. The van der Waals surface area contributed by atoms with Crippen LogP contribution in [-0.2, 0) is 11.2 Å². The highest BCUT2D eigenvalue weighted by Crippen LogP contribution is 2.25. The second kappa shape index (κ2) is 4.84. The summed E-state index contributed by atoms with van der Waals surface area (Å²) in [5.41, 5.74) is 3.32. The lowest BCUT2D eigenvalue weighted by Crippen LogP contribution is -2.13. The van der Waals surface area contributed by atoms with Crippen LogP contribution in [0.3, 0.4) is 0 Å². The van der Waals surface area contributed by atoms with E-state index in [9.17, 15) is 4.79 Å². The van der Waals surface area contributed by atoms with Crippen molar-refractivity contribution < 1.29 is 4.79 Å². The van der Waals surface area contributed by atoms with E-state index in [0.717, 1.165) is 24.3 Å². The molecule has 1 aliphatic heterocycles. The third kappa shape index (κ3) is 2.42. The minimum atomic E-state index is -0.0849. The van der Waals surface area contributed by atoms with Gasteiger partial charge in [-0.1, -0.05) is 12.1 Å². The molecule has 0 radical (unpaired) electrons. The van der Waals surface area contributed by atoms with E-state index in [1.54, 1.807) is 6.08 Å². The molecule has 0 saturated heterocycles. The van der Waals surface area contributed by atoms with Gasteiger partial charge in [-0.15, -0.1) is 0 Å². The van der Waals surface area contributed by atoms with Gasteiger partial charge in [0.15, 0.2) is 0 Å². The van der Waals surface area contributed by atoms with E-state index < -0.39 is 0 Å². The molecular formula is C13H16N2O. The summed E-state index contributed by atoms with van der Waals surface area (Å²) in [7, 11) is 0. The van der Waals surface area contributed by atoms with Crippen LogP contribution in [0.2, 0.25) is 0 Å². The molecule has 3 nitrogen and oxygen atoms in total. The third-order valence-corrected chi connectivity index (χ3v) is 2.63. The maximum absolute atomic E-state index is 11.4. The number of carbonyl (C=O) groups excluding carboxylic acids is 1. The van der Waals surface area contributed by atoms with Crippen molar-refractivity contribution in [1.82, 2.24) is 0 Å². The molecule has 0 fully saturated rings. The van der Waals surface area contributed by atoms with Crippen LogP contribution in [0, 0.1) is 0 Å². The van der Waals surface area contributed by atoms with Crippen LogP contribution in [-0.4, -0.2) is 12.5 Å². The van der Waals surface area contributed by atoms with E-state index in [-0.39, 0.29) is 5.91 Å². The fraction of sp³-hybridized carbons (Fsp3) is 0.308. The molecule has 2 rings (SSSR count). The quantitative estimate of drug-likeness (QED) is 0.746. The van der Waals surface area contributed by atoms with Crippen LogP contribution in [0.1, 0.15) is 18.9 Å². The number of nitrogens with one attached hydrogen (secondary N) is 2. The summed E-state index contributed by atoms with van der Waals surface area (Å²) in [6.07, 6.45) is 5.54. The Morgan fingerprint density at radius 1 is 1.50 bits per heavy atom. The molecule has 1 amide bonds. The molecule has 16 heavy (non-hydrogen) atoms. The zero-order valence-corrected chi connectivity index (χ0v) is 9.42. The van der Waals surface area contributed by atoms with E-state index >= 15 is 0 Å². The van der Waals surface area contributed by atoms with Crippen molar-refractivity contribution in [1.29, 1.82) is 0 Å². The molecule has 0 aromatic heterocycles. The van der Waals surface area contributed by atoms with E-state index in [0.29, 0.717) is 0 Å². The highest BCUT2D eigenvalue weighted by atomic mass is 16.1. The molecule has 0 atom stereocenters. The molecule has 1 aromatic carbocycles. The predicted octanol–water partition coefficient (Wildman–Crippen LogP) is 2.56. The van der Waals surface area contributed by atoms with Crippen molar-refractivity contribution in [2.75, 3.05) is 17.2 Å².